The average molecular weight is 206 g/mol. The van der Waals surface area contributed by atoms with Crippen LogP contribution in [0.5, 0.6) is 0 Å². The molecule has 0 saturated carbocycles. The first-order chi connectivity index (χ1) is 5.72. The molecule has 4 heteroatoms. The fraction of sp³-hybridized carbons (Fsp3) is 0.333. The maximum atomic E-state index is 12.6. The maximum Gasteiger partial charge on any atom is 0.127 e. The minimum Gasteiger partial charge on any atom is -0.399 e. The SMILES string of the molecule is Cl.Nc1ccc(CC(F)CO)cc1. The van der Waals surface area contributed by atoms with Crippen molar-refractivity contribution in [3.63, 3.8) is 0 Å². The van der Waals surface area contributed by atoms with Crippen LogP contribution in [0, 0.1) is 0 Å². The van der Waals surface area contributed by atoms with Gasteiger partial charge in [0.15, 0.2) is 0 Å². The summed E-state index contributed by atoms with van der Waals surface area (Å²) in [5.41, 5.74) is 6.96. The smallest absolute Gasteiger partial charge is 0.127 e. The third-order valence-electron chi connectivity index (χ3n) is 1.64. The minimum atomic E-state index is -1.17. The van der Waals surface area contributed by atoms with Gasteiger partial charge in [0.2, 0.25) is 0 Å². The molecule has 0 aliphatic heterocycles. The molecule has 0 bridgehead atoms. The van der Waals surface area contributed by atoms with Gasteiger partial charge in [-0.15, -0.1) is 12.4 Å². The molecule has 0 saturated heterocycles. The molecule has 13 heavy (non-hydrogen) atoms. The zero-order chi connectivity index (χ0) is 8.97. The fourth-order valence-electron chi connectivity index (χ4n) is 0.974. The number of hydrogen-bond acceptors (Lipinski definition) is 2. The van der Waals surface area contributed by atoms with Gasteiger partial charge in [0.05, 0.1) is 6.61 Å². The molecule has 2 nitrogen and oxygen atoms in total. The molecule has 0 aliphatic carbocycles. The van der Waals surface area contributed by atoms with Crippen molar-refractivity contribution >= 4 is 18.1 Å². The third-order valence-corrected chi connectivity index (χ3v) is 1.64. The van der Waals surface area contributed by atoms with Gasteiger partial charge in [-0.25, -0.2) is 4.39 Å². The highest BCUT2D eigenvalue weighted by Crippen LogP contribution is 2.08. The van der Waals surface area contributed by atoms with E-state index in [-0.39, 0.29) is 18.8 Å². The van der Waals surface area contributed by atoms with Crippen molar-refractivity contribution in [3.05, 3.63) is 29.8 Å². The van der Waals surface area contributed by atoms with Gasteiger partial charge in [-0.2, -0.15) is 0 Å². The van der Waals surface area contributed by atoms with Gasteiger partial charge in [-0.1, -0.05) is 12.1 Å². The van der Waals surface area contributed by atoms with Crippen molar-refractivity contribution in [2.75, 3.05) is 12.3 Å². The van der Waals surface area contributed by atoms with E-state index in [4.69, 9.17) is 10.8 Å². The zero-order valence-corrected chi connectivity index (χ0v) is 7.93. The summed E-state index contributed by atoms with van der Waals surface area (Å²) in [5, 5.41) is 8.45. The van der Waals surface area contributed by atoms with Crippen molar-refractivity contribution in [2.45, 2.75) is 12.6 Å². The van der Waals surface area contributed by atoms with Crippen LogP contribution in [-0.4, -0.2) is 17.9 Å². The molecule has 1 unspecified atom stereocenters. The van der Waals surface area contributed by atoms with Crippen molar-refractivity contribution in [2.24, 2.45) is 0 Å². The number of rotatable bonds is 3. The Morgan fingerprint density at radius 1 is 1.31 bits per heavy atom. The van der Waals surface area contributed by atoms with Gasteiger partial charge < -0.3 is 10.8 Å². The predicted octanol–water partition coefficient (Wildman–Crippen LogP) is 1.56. The zero-order valence-electron chi connectivity index (χ0n) is 7.11. The summed E-state index contributed by atoms with van der Waals surface area (Å²) in [6.45, 7) is -0.426. The van der Waals surface area contributed by atoms with Crippen LogP contribution in [0.25, 0.3) is 0 Å². The number of anilines is 1. The number of benzene rings is 1. The van der Waals surface area contributed by atoms with E-state index in [1.807, 2.05) is 0 Å². The lowest BCUT2D eigenvalue weighted by Crippen LogP contribution is -2.09. The van der Waals surface area contributed by atoms with Crippen LogP contribution in [0.2, 0.25) is 0 Å². The Hall–Kier alpha value is -0.800. The number of aliphatic hydroxyl groups is 1. The highest BCUT2D eigenvalue weighted by Gasteiger charge is 2.04. The number of aliphatic hydroxyl groups excluding tert-OH is 1. The van der Waals surface area contributed by atoms with E-state index in [1.54, 1.807) is 24.3 Å². The molecule has 0 heterocycles. The second-order valence-electron chi connectivity index (χ2n) is 2.73. The molecule has 1 rings (SSSR count). The molecule has 1 aromatic rings. The Kier molecular flexibility index (Phi) is 5.42. The Labute approximate surface area is 83.0 Å². The lowest BCUT2D eigenvalue weighted by molar-refractivity contribution is 0.177. The van der Waals surface area contributed by atoms with Crippen LogP contribution >= 0.6 is 12.4 Å². The highest BCUT2D eigenvalue weighted by atomic mass is 35.5. The molecule has 1 aromatic carbocycles. The van der Waals surface area contributed by atoms with Gasteiger partial charge in [0.25, 0.3) is 0 Å². The van der Waals surface area contributed by atoms with E-state index in [0.717, 1.165) is 5.56 Å². The summed E-state index contributed by atoms with van der Waals surface area (Å²) in [5.74, 6) is 0. The molecule has 0 spiro atoms. The Balaban J connectivity index is 0.00000144. The highest BCUT2D eigenvalue weighted by molar-refractivity contribution is 5.85. The molecule has 0 amide bonds. The summed E-state index contributed by atoms with van der Waals surface area (Å²) >= 11 is 0. The summed E-state index contributed by atoms with van der Waals surface area (Å²) < 4.78 is 12.6. The van der Waals surface area contributed by atoms with Crippen LogP contribution < -0.4 is 5.73 Å². The summed E-state index contributed by atoms with van der Waals surface area (Å²) in [7, 11) is 0. The monoisotopic (exact) mass is 205 g/mol. The van der Waals surface area contributed by atoms with Crippen molar-refractivity contribution < 1.29 is 9.50 Å². The number of halogens is 2. The summed E-state index contributed by atoms with van der Waals surface area (Å²) in [4.78, 5) is 0. The van der Waals surface area contributed by atoms with E-state index >= 15 is 0 Å². The molecular formula is C9H13ClFNO. The van der Waals surface area contributed by atoms with Gasteiger partial charge in [-0.3, -0.25) is 0 Å². The first-order valence-corrected chi connectivity index (χ1v) is 3.81. The van der Waals surface area contributed by atoms with Crippen LogP contribution in [-0.2, 0) is 6.42 Å². The van der Waals surface area contributed by atoms with Gasteiger partial charge in [0.1, 0.15) is 6.17 Å². The van der Waals surface area contributed by atoms with E-state index in [1.165, 1.54) is 0 Å². The lowest BCUT2D eigenvalue weighted by Gasteiger charge is -2.04. The number of nitrogen functional groups attached to an aromatic ring is 1. The molecule has 0 radical (unpaired) electrons. The van der Waals surface area contributed by atoms with Crippen molar-refractivity contribution in [1.82, 2.24) is 0 Å². The van der Waals surface area contributed by atoms with E-state index < -0.39 is 12.8 Å². The average Bonchev–Trinajstić information content (AvgIpc) is 2.09. The van der Waals surface area contributed by atoms with Crippen LogP contribution in [0.3, 0.4) is 0 Å². The standard InChI is InChI=1S/C9H12FNO.ClH/c10-8(6-12)5-7-1-3-9(11)4-2-7;/h1-4,8,12H,5-6,11H2;1H. The quantitative estimate of drug-likeness (QED) is 0.736. The van der Waals surface area contributed by atoms with E-state index in [9.17, 15) is 4.39 Å². The first kappa shape index (κ1) is 12.2. The van der Waals surface area contributed by atoms with E-state index in [2.05, 4.69) is 0 Å². The van der Waals surface area contributed by atoms with Crippen LogP contribution in [0.4, 0.5) is 10.1 Å². The Bertz CT molecular complexity index is 240. The molecule has 1 atom stereocenters. The second-order valence-corrected chi connectivity index (χ2v) is 2.73. The number of alkyl halides is 1. The Morgan fingerprint density at radius 3 is 2.31 bits per heavy atom. The molecule has 74 valence electrons. The third kappa shape index (κ3) is 4.10. The second kappa shape index (κ2) is 5.78. The Morgan fingerprint density at radius 2 is 1.85 bits per heavy atom. The van der Waals surface area contributed by atoms with Gasteiger partial charge >= 0.3 is 0 Å². The maximum absolute atomic E-state index is 12.6. The summed E-state index contributed by atoms with van der Waals surface area (Å²) in [6.07, 6.45) is -0.926. The normalized spacial score (nSPS) is 11.8. The molecule has 0 aliphatic rings. The van der Waals surface area contributed by atoms with Gasteiger partial charge in [0, 0.05) is 12.1 Å². The molecular weight excluding hydrogens is 193 g/mol. The predicted molar refractivity (Wildman–Crippen MR) is 53.8 cm³/mol. The van der Waals surface area contributed by atoms with Gasteiger partial charge in [-0.05, 0) is 17.7 Å². The largest absolute Gasteiger partial charge is 0.399 e. The van der Waals surface area contributed by atoms with Crippen molar-refractivity contribution in [3.8, 4) is 0 Å². The van der Waals surface area contributed by atoms with Crippen LogP contribution in [0.1, 0.15) is 5.56 Å². The topological polar surface area (TPSA) is 46.2 Å². The lowest BCUT2D eigenvalue weighted by atomic mass is 10.1. The first-order valence-electron chi connectivity index (χ1n) is 3.81. The summed E-state index contributed by atoms with van der Waals surface area (Å²) in [6, 6.07) is 6.97. The van der Waals surface area contributed by atoms with Crippen molar-refractivity contribution in [1.29, 1.82) is 0 Å². The fourth-order valence-corrected chi connectivity index (χ4v) is 0.974. The molecule has 0 aromatic heterocycles. The molecule has 3 N–H and O–H groups in total. The van der Waals surface area contributed by atoms with Crippen LogP contribution in [0.15, 0.2) is 24.3 Å². The molecule has 0 fully saturated rings. The minimum absolute atomic E-state index is 0. The number of nitrogens with two attached hydrogens (primary N) is 1. The van der Waals surface area contributed by atoms with E-state index in [0.29, 0.717) is 5.69 Å². The number of hydrogen-bond donors (Lipinski definition) is 2.